The van der Waals surface area contributed by atoms with E-state index in [1.54, 1.807) is 24.3 Å². The van der Waals surface area contributed by atoms with E-state index >= 15 is 0 Å². The van der Waals surface area contributed by atoms with Crippen LogP contribution < -0.4 is 0 Å². The maximum Gasteiger partial charge on any atom is 0.177 e. The van der Waals surface area contributed by atoms with Crippen molar-refractivity contribution in [1.82, 2.24) is 0 Å². The van der Waals surface area contributed by atoms with Crippen molar-refractivity contribution >= 4 is 11.9 Å². The van der Waals surface area contributed by atoms with E-state index in [2.05, 4.69) is 0 Å². The fourth-order valence-electron chi connectivity index (χ4n) is 1.88. The van der Waals surface area contributed by atoms with Crippen LogP contribution in [0.25, 0.3) is 6.08 Å². The van der Waals surface area contributed by atoms with Gasteiger partial charge in [0.1, 0.15) is 6.10 Å². The molecule has 1 aromatic rings. The van der Waals surface area contributed by atoms with Crippen molar-refractivity contribution in [2.75, 3.05) is 0 Å². The Hall–Kier alpha value is -1.45. The second-order valence-electron chi connectivity index (χ2n) is 3.71. The van der Waals surface area contributed by atoms with E-state index in [1.807, 2.05) is 6.07 Å². The van der Waals surface area contributed by atoms with Crippen LogP contribution in [0.15, 0.2) is 30.3 Å². The lowest BCUT2D eigenvalue weighted by Crippen LogP contribution is -2.46. The number of hydrogen-bond acceptors (Lipinski definition) is 3. The molecule has 2 rings (SSSR count). The lowest BCUT2D eigenvalue weighted by atomic mass is 9.78. The largest absolute Gasteiger partial charge is 0.385 e. The molecule has 2 N–H and O–H groups in total. The van der Waals surface area contributed by atoms with Gasteiger partial charge in [-0.1, -0.05) is 36.4 Å². The molecule has 3 heteroatoms. The summed E-state index contributed by atoms with van der Waals surface area (Å²) in [5, 5.41) is 19.9. The Kier molecular flexibility index (Phi) is 2.21. The van der Waals surface area contributed by atoms with E-state index < -0.39 is 17.5 Å². The first-order chi connectivity index (χ1) is 7.06. The Morgan fingerprint density at radius 3 is 2.73 bits per heavy atom. The molecule has 0 fully saturated rings. The summed E-state index contributed by atoms with van der Waals surface area (Å²) < 4.78 is 0. The van der Waals surface area contributed by atoms with Crippen molar-refractivity contribution in [2.24, 2.45) is 0 Å². The molecule has 1 aliphatic carbocycles. The number of benzene rings is 1. The molecule has 0 saturated heterocycles. The maximum absolute atomic E-state index is 11.4. The highest BCUT2D eigenvalue weighted by atomic mass is 16.3. The van der Waals surface area contributed by atoms with Crippen molar-refractivity contribution in [3.63, 3.8) is 0 Å². The molecule has 1 aliphatic rings. The van der Waals surface area contributed by atoms with Gasteiger partial charge < -0.3 is 10.2 Å². The van der Waals surface area contributed by atoms with Crippen molar-refractivity contribution in [3.05, 3.63) is 41.5 Å². The average Bonchev–Trinajstić information content (AvgIpc) is 2.23. The summed E-state index contributed by atoms with van der Waals surface area (Å²) in [7, 11) is 0. The number of carbonyl (C=O) groups is 1. The molecule has 15 heavy (non-hydrogen) atoms. The van der Waals surface area contributed by atoms with Crippen LogP contribution in [0.1, 0.15) is 18.1 Å². The molecule has 0 aromatic heterocycles. The Morgan fingerprint density at radius 2 is 2.07 bits per heavy atom. The van der Waals surface area contributed by atoms with E-state index in [-0.39, 0.29) is 0 Å². The topological polar surface area (TPSA) is 57.5 Å². The summed E-state index contributed by atoms with van der Waals surface area (Å²) in [6, 6.07) is 7.01. The molecule has 0 unspecified atom stereocenters. The summed E-state index contributed by atoms with van der Waals surface area (Å²) in [5.74, 6) is -0.452. The van der Waals surface area contributed by atoms with Gasteiger partial charge in [0.15, 0.2) is 11.4 Å². The second-order valence-corrected chi connectivity index (χ2v) is 3.71. The minimum absolute atomic E-state index is 0.452. The highest BCUT2D eigenvalue weighted by molar-refractivity contribution is 5.89. The van der Waals surface area contributed by atoms with Crippen LogP contribution in [0.3, 0.4) is 0 Å². The third kappa shape index (κ3) is 1.32. The van der Waals surface area contributed by atoms with E-state index in [1.165, 1.54) is 13.0 Å². The van der Waals surface area contributed by atoms with Crippen molar-refractivity contribution in [2.45, 2.75) is 18.6 Å². The van der Waals surface area contributed by atoms with Crippen LogP contribution >= 0.6 is 0 Å². The number of rotatable bonds is 1. The van der Waals surface area contributed by atoms with Gasteiger partial charge in [-0.25, -0.2) is 0 Å². The van der Waals surface area contributed by atoms with Crippen LogP contribution in [0.2, 0.25) is 0 Å². The lowest BCUT2D eigenvalue weighted by molar-refractivity contribution is -0.146. The van der Waals surface area contributed by atoms with Gasteiger partial charge >= 0.3 is 0 Å². The van der Waals surface area contributed by atoms with Gasteiger partial charge in [0.2, 0.25) is 0 Å². The average molecular weight is 204 g/mol. The quantitative estimate of drug-likeness (QED) is 0.713. The molecule has 2 atom stereocenters. The number of fused-ring (bicyclic) bond motifs is 1. The van der Waals surface area contributed by atoms with Gasteiger partial charge in [0.05, 0.1) is 0 Å². The molecular weight excluding hydrogens is 192 g/mol. The Bertz CT molecular complexity index is 436. The summed E-state index contributed by atoms with van der Waals surface area (Å²) in [6.45, 7) is 1.28. The number of carbonyl (C=O) groups excluding carboxylic acids is 1. The van der Waals surface area contributed by atoms with Gasteiger partial charge in [-0.15, -0.1) is 0 Å². The molecule has 0 spiro atoms. The first kappa shape index (κ1) is 10.1. The third-order valence-electron chi connectivity index (χ3n) is 2.79. The van der Waals surface area contributed by atoms with Crippen molar-refractivity contribution in [3.8, 4) is 0 Å². The number of ketones is 1. The number of hydrogen-bond donors (Lipinski definition) is 2. The standard InChI is InChI=1S/C12H12O3/c1-8(13)12(15)10-5-3-2-4-9(10)6-7-11(12)14/h2-7,11,14-15H,1H3/t11-,12+/m1/s1. The highest BCUT2D eigenvalue weighted by Crippen LogP contribution is 2.34. The molecule has 0 amide bonds. The van der Waals surface area contributed by atoms with Gasteiger partial charge in [0.25, 0.3) is 0 Å². The van der Waals surface area contributed by atoms with E-state index in [0.717, 1.165) is 5.56 Å². The third-order valence-corrected chi connectivity index (χ3v) is 2.79. The monoisotopic (exact) mass is 204 g/mol. The predicted molar refractivity (Wildman–Crippen MR) is 56.1 cm³/mol. The van der Waals surface area contributed by atoms with Gasteiger partial charge in [-0.05, 0) is 12.5 Å². The first-order valence-electron chi connectivity index (χ1n) is 4.76. The molecule has 0 saturated carbocycles. The van der Waals surface area contributed by atoms with Crippen LogP contribution in [0, 0.1) is 0 Å². The Labute approximate surface area is 87.7 Å². The zero-order chi connectivity index (χ0) is 11.1. The Morgan fingerprint density at radius 1 is 1.40 bits per heavy atom. The van der Waals surface area contributed by atoms with Gasteiger partial charge in [0, 0.05) is 5.56 Å². The van der Waals surface area contributed by atoms with Crippen LogP contribution in [-0.4, -0.2) is 22.1 Å². The first-order valence-corrected chi connectivity index (χ1v) is 4.76. The minimum atomic E-state index is -1.80. The molecule has 0 bridgehead atoms. The number of aliphatic hydroxyl groups is 2. The normalized spacial score (nSPS) is 28.6. The molecular formula is C12H12O3. The van der Waals surface area contributed by atoms with Crippen LogP contribution in [0.4, 0.5) is 0 Å². The van der Waals surface area contributed by atoms with Gasteiger partial charge in [-0.2, -0.15) is 0 Å². The van der Waals surface area contributed by atoms with Crippen LogP contribution in [0.5, 0.6) is 0 Å². The van der Waals surface area contributed by atoms with E-state index in [0.29, 0.717) is 5.56 Å². The fourth-order valence-corrected chi connectivity index (χ4v) is 1.88. The SMILES string of the molecule is CC(=O)[C@]1(O)c2ccccc2C=C[C@H]1O. The molecule has 3 nitrogen and oxygen atoms in total. The van der Waals surface area contributed by atoms with Gasteiger partial charge in [-0.3, -0.25) is 4.79 Å². The Balaban J connectivity index is 2.66. The smallest absolute Gasteiger partial charge is 0.177 e. The molecule has 0 aliphatic heterocycles. The number of aliphatic hydroxyl groups excluding tert-OH is 1. The zero-order valence-corrected chi connectivity index (χ0v) is 8.34. The summed E-state index contributed by atoms with van der Waals surface area (Å²) in [4.78, 5) is 11.4. The summed E-state index contributed by atoms with van der Waals surface area (Å²) in [6.07, 6.45) is 1.96. The molecule has 1 aromatic carbocycles. The van der Waals surface area contributed by atoms with Crippen molar-refractivity contribution in [1.29, 1.82) is 0 Å². The zero-order valence-electron chi connectivity index (χ0n) is 8.34. The molecule has 0 heterocycles. The van der Waals surface area contributed by atoms with Crippen LogP contribution in [-0.2, 0) is 10.4 Å². The number of Topliss-reactive ketones (excluding diaryl/α,β-unsaturated/α-hetero) is 1. The van der Waals surface area contributed by atoms with E-state index in [9.17, 15) is 15.0 Å². The summed E-state index contributed by atoms with van der Waals surface area (Å²) >= 11 is 0. The fraction of sp³-hybridized carbons (Fsp3) is 0.250. The molecule has 78 valence electrons. The second kappa shape index (κ2) is 3.29. The highest BCUT2D eigenvalue weighted by Gasteiger charge is 2.43. The summed E-state index contributed by atoms with van der Waals surface area (Å²) in [5.41, 5.74) is -0.571. The minimum Gasteiger partial charge on any atom is -0.385 e. The predicted octanol–water partition coefficient (Wildman–Crippen LogP) is 0.851. The molecule has 0 radical (unpaired) electrons. The lowest BCUT2D eigenvalue weighted by Gasteiger charge is -2.33. The van der Waals surface area contributed by atoms with Crippen molar-refractivity contribution < 1.29 is 15.0 Å². The maximum atomic E-state index is 11.4. The van der Waals surface area contributed by atoms with E-state index in [4.69, 9.17) is 0 Å².